The number of likely N-dealkylation sites (tertiary alicyclic amines) is 1. The molecule has 0 radical (unpaired) electrons. The van der Waals surface area contributed by atoms with Gasteiger partial charge in [-0.2, -0.15) is 0 Å². The first-order valence-electron chi connectivity index (χ1n) is 15.4. The van der Waals surface area contributed by atoms with Gasteiger partial charge in [0.2, 0.25) is 11.8 Å². The van der Waals surface area contributed by atoms with Crippen LogP contribution in [0.2, 0.25) is 0 Å². The minimum Gasteiger partial charge on any atom is -0.496 e. The fourth-order valence-corrected chi connectivity index (χ4v) is 7.21. The third-order valence-corrected chi connectivity index (χ3v) is 9.48. The molecule has 6 atom stereocenters. The molecule has 1 aliphatic carbocycles. The topological polar surface area (TPSA) is 153 Å². The van der Waals surface area contributed by atoms with Crippen molar-refractivity contribution in [3.63, 3.8) is 0 Å². The van der Waals surface area contributed by atoms with Crippen molar-refractivity contribution in [3.8, 4) is 5.75 Å². The molecule has 1 saturated carbocycles. The van der Waals surface area contributed by atoms with Crippen LogP contribution in [-0.4, -0.2) is 77.0 Å². The van der Waals surface area contributed by atoms with Gasteiger partial charge in [-0.15, -0.1) is 0 Å². The number of aromatic nitrogens is 1. The molecule has 1 aromatic heterocycles. The summed E-state index contributed by atoms with van der Waals surface area (Å²) in [5.74, 6) is -1.15. The second-order valence-corrected chi connectivity index (χ2v) is 12.1. The summed E-state index contributed by atoms with van der Waals surface area (Å²) in [5, 5.41) is 20.4. The van der Waals surface area contributed by atoms with E-state index in [2.05, 4.69) is 20.9 Å². The van der Waals surface area contributed by atoms with Gasteiger partial charge in [-0.3, -0.25) is 19.2 Å². The van der Waals surface area contributed by atoms with Gasteiger partial charge in [0.25, 0.3) is 11.8 Å². The second-order valence-electron chi connectivity index (χ2n) is 12.1. The van der Waals surface area contributed by atoms with Crippen molar-refractivity contribution in [2.75, 3.05) is 20.2 Å². The van der Waals surface area contributed by atoms with Crippen molar-refractivity contribution in [1.29, 1.82) is 0 Å². The molecule has 3 fully saturated rings. The monoisotopic (exact) mass is 601 g/mol. The number of nitrogens with zero attached hydrogens (tertiary/aromatic N) is 1. The van der Waals surface area contributed by atoms with Crippen LogP contribution in [0.4, 0.5) is 0 Å². The number of carbonyl (C=O) groups excluding carboxylic acids is 4. The number of methoxy groups -OCH3 is 1. The Morgan fingerprint density at radius 1 is 1.09 bits per heavy atom. The molecule has 0 spiro atoms. The number of aliphatic hydroxyl groups is 1. The average Bonchev–Trinajstić information content (AvgIpc) is 3.83. The Morgan fingerprint density at radius 2 is 1.91 bits per heavy atom. The molecule has 44 heavy (non-hydrogen) atoms. The van der Waals surface area contributed by atoms with E-state index in [1.807, 2.05) is 48.5 Å². The molecule has 3 aliphatic rings. The highest BCUT2D eigenvalue weighted by molar-refractivity contribution is 6.02. The molecule has 2 aromatic carbocycles. The fraction of sp³-hybridized carbons (Fsp3) is 0.455. The number of ether oxygens (including phenoxy) is 1. The molecule has 11 heteroatoms. The summed E-state index contributed by atoms with van der Waals surface area (Å²) in [6.07, 6.45) is 1.78. The summed E-state index contributed by atoms with van der Waals surface area (Å²) < 4.78 is 5.46. The van der Waals surface area contributed by atoms with Crippen LogP contribution in [-0.2, 0) is 20.9 Å². The number of aromatic amines is 1. The zero-order valence-electron chi connectivity index (χ0n) is 24.8. The van der Waals surface area contributed by atoms with Crippen molar-refractivity contribution in [2.45, 2.75) is 56.8 Å². The lowest BCUT2D eigenvalue weighted by Gasteiger charge is -2.31. The molecule has 1 unspecified atom stereocenters. The van der Waals surface area contributed by atoms with Gasteiger partial charge in [-0.1, -0.05) is 42.8 Å². The molecular formula is C33H39N5O6. The Labute approximate surface area is 255 Å². The van der Waals surface area contributed by atoms with Crippen LogP contribution in [0.1, 0.15) is 48.2 Å². The summed E-state index contributed by atoms with van der Waals surface area (Å²) in [6, 6.07) is 14.8. The van der Waals surface area contributed by atoms with Gasteiger partial charge in [-0.25, -0.2) is 0 Å². The summed E-state index contributed by atoms with van der Waals surface area (Å²) >= 11 is 0. The molecule has 2 saturated heterocycles. The van der Waals surface area contributed by atoms with Gasteiger partial charge in [0.05, 0.1) is 13.2 Å². The van der Waals surface area contributed by atoms with Crippen molar-refractivity contribution in [3.05, 3.63) is 65.9 Å². The van der Waals surface area contributed by atoms with E-state index in [4.69, 9.17) is 4.74 Å². The summed E-state index contributed by atoms with van der Waals surface area (Å²) in [7, 11) is 1.58. The van der Waals surface area contributed by atoms with Crippen molar-refractivity contribution in [2.24, 2.45) is 17.8 Å². The van der Waals surface area contributed by atoms with Gasteiger partial charge < -0.3 is 35.7 Å². The molecule has 2 aliphatic heterocycles. The van der Waals surface area contributed by atoms with Gasteiger partial charge >= 0.3 is 0 Å². The lowest BCUT2D eigenvalue weighted by molar-refractivity contribution is -0.135. The van der Waals surface area contributed by atoms with Crippen molar-refractivity contribution >= 4 is 34.5 Å². The number of H-pyrrole nitrogens is 1. The van der Waals surface area contributed by atoms with Crippen LogP contribution in [0.5, 0.6) is 5.75 Å². The second kappa shape index (κ2) is 12.7. The summed E-state index contributed by atoms with van der Waals surface area (Å²) in [6.45, 7) is 1.17. The summed E-state index contributed by atoms with van der Waals surface area (Å²) in [5.41, 5.74) is 1.99. The molecule has 3 heterocycles. The van der Waals surface area contributed by atoms with Crippen molar-refractivity contribution in [1.82, 2.24) is 25.8 Å². The third kappa shape index (κ3) is 5.88. The van der Waals surface area contributed by atoms with Gasteiger partial charge in [0, 0.05) is 36.5 Å². The van der Waals surface area contributed by atoms with Crippen LogP contribution >= 0.6 is 0 Å². The number of carbonyl (C=O) groups is 4. The molecular weight excluding hydrogens is 562 g/mol. The standard InChI is InChI=1S/C33H39N5O6/c1-44-27-12-6-11-24-23(27)16-26(36-24)33(43)38-18-21-9-5-10-22(21)28(38)31(41)37-25(15-20-13-14-34-30(20)40)29(39)32(42)35-17-19-7-3-2-4-8-19/h2-4,6-8,11-12,16,20-22,25,28-29,36,39H,5,9-10,13-15,17-18H2,1H3,(H,34,40)(H,35,42)(H,37,41)/t20-,21-,22-,25-,28-,29?/m0/s1. The fourth-order valence-electron chi connectivity index (χ4n) is 7.21. The van der Waals surface area contributed by atoms with Gasteiger partial charge in [0.1, 0.15) is 17.5 Å². The quantitative estimate of drug-likeness (QED) is 0.240. The predicted octanol–water partition coefficient (Wildman–Crippen LogP) is 2.11. The van der Waals surface area contributed by atoms with E-state index < -0.39 is 35.9 Å². The maximum Gasteiger partial charge on any atom is 0.271 e. The number of fused-ring (bicyclic) bond motifs is 2. The number of aliphatic hydroxyl groups excluding tert-OH is 1. The Balaban J connectivity index is 1.22. The predicted molar refractivity (Wildman–Crippen MR) is 162 cm³/mol. The first kappa shape index (κ1) is 29.7. The highest BCUT2D eigenvalue weighted by atomic mass is 16.5. The Kier molecular flexibility index (Phi) is 8.56. The van der Waals surface area contributed by atoms with E-state index in [0.29, 0.717) is 31.0 Å². The molecule has 4 amide bonds. The number of nitrogens with one attached hydrogen (secondary N) is 4. The van der Waals surface area contributed by atoms with Gasteiger partial charge in [0.15, 0.2) is 6.10 Å². The van der Waals surface area contributed by atoms with E-state index in [1.54, 1.807) is 18.1 Å². The third-order valence-electron chi connectivity index (χ3n) is 9.48. The molecule has 11 nitrogen and oxygen atoms in total. The number of hydrogen-bond donors (Lipinski definition) is 5. The van der Waals surface area contributed by atoms with E-state index in [1.165, 1.54) is 0 Å². The van der Waals surface area contributed by atoms with Crippen LogP contribution in [0.15, 0.2) is 54.6 Å². The largest absolute Gasteiger partial charge is 0.496 e. The molecule has 3 aromatic rings. The average molecular weight is 602 g/mol. The highest BCUT2D eigenvalue weighted by Gasteiger charge is 2.50. The molecule has 6 rings (SSSR count). The van der Waals surface area contributed by atoms with Gasteiger partial charge in [-0.05, 0) is 61.3 Å². The van der Waals surface area contributed by atoms with Crippen LogP contribution in [0.25, 0.3) is 10.9 Å². The maximum atomic E-state index is 14.1. The minimum atomic E-state index is -1.58. The Hall–Kier alpha value is -4.38. The lowest BCUT2D eigenvalue weighted by Crippen LogP contribution is -2.56. The highest BCUT2D eigenvalue weighted by Crippen LogP contribution is 2.43. The lowest BCUT2D eigenvalue weighted by atomic mass is 9.91. The Bertz CT molecular complexity index is 1540. The van der Waals surface area contributed by atoms with Crippen LogP contribution < -0.4 is 20.7 Å². The minimum absolute atomic E-state index is 0.0302. The van der Waals surface area contributed by atoms with Crippen LogP contribution in [0, 0.1) is 17.8 Å². The smallest absolute Gasteiger partial charge is 0.271 e. The molecule has 232 valence electrons. The zero-order chi connectivity index (χ0) is 30.8. The normalized spacial score (nSPS) is 24.0. The number of benzene rings is 2. The zero-order valence-corrected chi connectivity index (χ0v) is 24.8. The van der Waals surface area contributed by atoms with E-state index in [9.17, 15) is 24.3 Å². The van der Waals surface area contributed by atoms with E-state index in [-0.39, 0.29) is 36.6 Å². The number of rotatable bonds is 10. The summed E-state index contributed by atoms with van der Waals surface area (Å²) in [4.78, 5) is 58.4. The Morgan fingerprint density at radius 3 is 2.66 bits per heavy atom. The molecule has 0 bridgehead atoms. The SMILES string of the molecule is COc1cccc2[nH]c(C(=O)N3C[C@@H]4CCC[C@@H]4[C@H]3C(=O)N[C@@H](C[C@@H]3CCNC3=O)C(O)C(=O)NCc3ccccc3)cc12. The first-order chi connectivity index (χ1) is 21.3. The number of amides is 4. The maximum absolute atomic E-state index is 14.1. The number of hydrogen-bond acceptors (Lipinski definition) is 6. The van der Waals surface area contributed by atoms with E-state index in [0.717, 1.165) is 35.7 Å². The van der Waals surface area contributed by atoms with Crippen LogP contribution in [0.3, 0.4) is 0 Å². The van der Waals surface area contributed by atoms with E-state index >= 15 is 0 Å². The first-order valence-corrected chi connectivity index (χ1v) is 15.4. The van der Waals surface area contributed by atoms with Crippen molar-refractivity contribution < 1.29 is 29.0 Å². The molecule has 5 N–H and O–H groups in total.